The molecular weight excluding hydrogens is 284 g/mol. The van der Waals surface area contributed by atoms with Gasteiger partial charge in [0.1, 0.15) is 23.5 Å². The van der Waals surface area contributed by atoms with Gasteiger partial charge in [-0.3, -0.25) is 4.79 Å². The third-order valence-electron chi connectivity index (χ3n) is 3.35. The average molecular weight is 304 g/mol. The van der Waals surface area contributed by atoms with E-state index in [2.05, 4.69) is 0 Å². The molecule has 0 aliphatic carbocycles. The van der Waals surface area contributed by atoms with Crippen molar-refractivity contribution in [3.05, 3.63) is 47.4 Å². The van der Waals surface area contributed by atoms with Crippen molar-refractivity contribution in [1.82, 2.24) is 4.90 Å². The Hall–Kier alpha value is -2.47. The second kappa shape index (κ2) is 7.00. The zero-order valence-corrected chi connectivity index (χ0v) is 13.0. The van der Waals surface area contributed by atoms with Gasteiger partial charge in [-0.2, -0.15) is 0 Å². The molecule has 0 radical (unpaired) electrons. The van der Waals surface area contributed by atoms with Crippen LogP contribution >= 0.6 is 0 Å². The summed E-state index contributed by atoms with van der Waals surface area (Å²) in [5.41, 5.74) is 6.85. The lowest BCUT2D eigenvalue weighted by molar-refractivity contribution is 0.0783. The highest BCUT2D eigenvalue weighted by Gasteiger charge is 2.16. The number of hydrogen-bond donors (Lipinski definition) is 1. The van der Waals surface area contributed by atoms with E-state index in [0.717, 1.165) is 5.56 Å². The second-order valence-corrected chi connectivity index (χ2v) is 4.84. The average Bonchev–Trinajstić information content (AvgIpc) is 3.03. The summed E-state index contributed by atoms with van der Waals surface area (Å²) in [5.74, 6) is 1.82. The molecule has 0 bridgehead atoms. The number of carbonyl (C=O) groups is 1. The summed E-state index contributed by atoms with van der Waals surface area (Å²) < 4.78 is 15.7. The maximum atomic E-state index is 12.4. The van der Waals surface area contributed by atoms with Crippen LogP contribution in [-0.4, -0.2) is 32.1 Å². The smallest absolute Gasteiger partial charge is 0.257 e. The first-order valence-corrected chi connectivity index (χ1v) is 6.83. The van der Waals surface area contributed by atoms with E-state index in [0.29, 0.717) is 29.4 Å². The highest BCUT2D eigenvalue weighted by molar-refractivity contribution is 5.93. The van der Waals surface area contributed by atoms with E-state index in [9.17, 15) is 4.79 Å². The molecule has 0 unspecified atom stereocenters. The Labute approximate surface area is 129 Å². The maximum Gasteiger partial charge on any atom is 0.257 e. The van der Waals surface area contributed by atoms with Crippen LogP contribution in [0.2, 0.25) is 0 Å². The highest BCUT2D eigenvalue weighted by Crippen LogP contribution is 2.26. The molecule has 0 fully saturated rings. The number of carbonyl (C=O) groups excluding carboxylic acids is 1. The van der Waals surface area contributed by atoms with E-state index in [1.807, 2.05) is 12.1 Å². The minimum absolute atomic E-state index is 0.138. The predicted octanol–water partition coefficient (Wildman–Crippen LogP) is 2.03. The van der Waals surface area contributed by atoms with Crippen LogP contribution < -0.4 is 15.2 Å². The molecule has 118 valence electrons. The fourth-order valence-corrected chi connectivity index (χ4v) is 2.13. The Morgan fingerprint density at radius 2 is 2.05 bits per heavy atom. The van der Waals surface area contributed by atoms with Crippen LogP contribution in [0, 0.1) is 0 Å². The van der Waals surface area contributed by atoms with Gasteiger partial charge in [0.25, 0.3) is 5.91 Å². The van der Waals surface area contributed by atoms with E-state index in [-0.39, 0.29) is 12.5 Å². The summed E-state index contributed by atoms with van der Waals surface area (Å²) >= 11 is 0. The first-order valence-electron chi connectivity index (χ1n) is 6.83. The van der Waals surface area contributed by atoms with E-state index >= 15 is 0 Å². The summed E-state index contributed by atoms with van der Waals surface area (Å²) in [4.78, 5) is 14.0. The van der Waals surface area contributed by atoms with Gasteiger partial charge in [-0.1, -0.05) is 0 Å². The molecule has 1 heterocycles. The van der Waals surface area contributed by atoms with E-state index in [1.54, 1.807) is 38.3 Å². The Morgan fingerprint density at radius 3 is 2.64 bits per heavy atom. The summed E-state index contributed by atoms with van der Waals surface area (Å²) in [7, 11) is 4.91. The van der Waals surface area contributed by atoms with Gasteiger partial charge < -0.3 is 24.5 Å². The van der Waals surface area contributed by atoms with Crippen LogP contribution in [0.25, 0.3) is 0 Å². The third-order valence-corrected chi connectivity index (χ3v) is 3.35. The molecule has 0 aliphatic rings. The van der Waals surface area contributed by atoms with Crippen molar-refractivity contribution in [2.24, 2.45) is 5.73 Å². The fraction of sp³-hybridized carbons (Fsp3) is 0.312. The normalized spacial score (nSPS) is 10.4. The number of amides is 1. The third kappa shape index (κ3) is 3.40. The van der Waals surface area contributed by atoms with Crippen molar-refractivity contribution in [3.63, 3.8) is 0 Å². The van der Waals surface area contributed by atoms with Crippen molar-refractivity contribution in [2.45, 2.75) is 13.1 Å². The molecule has 0 spiro atoms. The van der Waals surface area contributed by atoms with Crippen LogP contribution in [0.4, 0.5) is 0 Å². The Balaban J connectivity index is 2.14. The number of methoxy groups -OCH3 is 2. The number of nitrogens with two attached hydrogens (primary N) is 1. The lowest BCUT2D eigenvalue weighted by Gasteiger charge is -2.18. The Kier molecular flexibility index (Phi) is 5.06. The van der Waals surface area contributed by atoms with Gasteiger partial charge in [-0.05, 0) is 18.2 Å². The second-order valence-electron chi connectivity index (χ2n) is 4.84. The molecule has 0 saturated heterocycles. The largest absolute Gasteiger partial charge is 0.497 e. The molecule has 2 aromatic rings. The van der Waals surface area contributed by atoms with Crippen molar-refractivity contribution in [1.29, 1.82) is 0 Å². The van der Waals surface area contributed by atoms with Gasteiger partial charge in [0.05, 0.1) is 26.3 Å². The van der Waals surface area contributed by atoms with Crippen LogP contribution in [0.15, 0.2) is 34.9 Å². The van der Waals surface area contributed by atoms with Crippen molar-refractivity contribution in [3.8, 4) is 11.5 Å². The van der Waals surface area contributed by atoms with Gasteiger partial charge in [-0.25, -0.2) is 0 Å². The molecule has 6 nitrogen and oxygen atoms in total. The van der Waals surface area contributed by atoms with E-state index in [1.165, 1.54) is 6.26 Å². The summed E-state index contributed by atoms with van der Waals surface area (Å²) in [6, 6.07) is 7.16. The van der Waals surface area contributed by atoms with Crippen molar-refractivity contribution < 1.29 is 18.7 Å². The number of rotatable bonds is 6. The SMILES string of the molecule is COc1ccc(CN(C)C(=O)c2coc(CN)c2)c(OC)c1. The molecule has 0 aliphatic heterocycles. The van der Waals surface area contributed by atoms with Crippen LogP contribution in [0.1, 0.15) is 21.7 Å². The fourth-order valence-electron chi connectivity index (χ4n) is 2.13. The minimum Gasteiger partial charge on any atom is -0.497 e. The monoisotopic (exact) mass is 304 g/mol. The topological polar surface area (TPSA) is 77.9 Å². The molecule has 0 atom stereocenters. The number of hydrogen-bond acceptors (Lipinski definition) is 5. The predicted molar refractivity (Wildman–Crippen MR) is 81.9 cm³/mol. The van der Waals surface area contributed by atoms with Crippen LogP contribution in [0.5, 0.6) is 11.5 Å². The van der Waals surface area contributed by atoms with Gasteiger partial charge in [-0.15, -0.1) is 0 Å². The summed E-state index contributed by atoms with van der Waals surface area (Å²) in [6.45, 7) is 0.679. The Bertz CT molecular complexity index is 651. The molecule has 6 heteroatoms. The molecule has 1 amide bonds. The number of nitrogens with zero attached hydrogens (tertiary/aromatic N) is 1. The molecule has 2 N–H and O–H groups in total. The first-order chi connectivity index (χ1) is 10.6. The molecule has 1 aromatic carbocycles. The van der Waals surface area contributed by atoms with Gasteiger partial charge in [0, 0.05) is 25.2 Å². The summed E-state index contributed by atoms with van der Waals surface area (Å²) in [5, 5.41) is 0. The number of ether oxygens (including phenoxy) is 2. The molecule has 22 heavy (non-hydrogen) atoms. The first kappa shape index (κ1) is 15.9. The van der Waals surface area contributed by atoms with Crippen LogP contribution in [-0.2, 0) is 13.1 Å². The molecular formula is C16H20N2O4. The lowest BCUT2D eigenvalue weighted by atomic mass is 10.1. The lowest BCUT2D eigenvalue weighted by Crippen LogP contribution is -2.26. The van der Waals surface area contributed by atoms with Gasteiger partial charge in [0.15, 0.2) is 0 Å². The number of furan rings is 1. The molecule has 2 rings (SSSR count). The standard InChI is InChI=1S/C16H20N2O4/c1-18(16(19)12-6-14(8-17)22-10-12)9-11-4-5-13(20-2)7-15(11)21-3/h4-7,10H,8-9,17H2,1-3H3. The summed E-state index contributed by atoms with van der Waals surface area (Å²) in [6.07, 6.45) is 1.42. The van der Waals surface area contributed by atoms with Crippen molar-refractivity contribution >= 4 is 5.91 Å². The van der Waals surface area contributed by atoms with Crippen molar-refractivity contribution in [2.75, 3.05) is 21.3 Å². The quantitative estimate of drug-likeness (QED) is 0.883. The molecule has 1 aromatic heterocycles. The maximum absolute atomic E-state index is 12.4. The zero-order valence-electron chi connectivity index (χ0n) is 13.0. The van der Waals surface area contributed by atoms with E-state index in [4.69, 9.17) is 19.6 Å². The van der Waals surface area contributed by atoms with Crippen LogP contribution in [0.3, 0.4) is 0 Å². The zero-order chi connectivity index (χ0) is 16.1. The highest BCUT2D eigenvalue weighted by atomic mass is 16.5. The van der Waals surface area contributed by atoms with Gasteiger partial charge >= 0.3 is 0 Å². The molecule has 0 saturated carbocycles. The number of benzene rings is 1. The Morgan fingerprint density at radius 1 is 1.27 bits per heavy atom. The van der Waals surface area contributed by atoms with Gasteiger partial charge in [0.2, 0.25) is 0 Å². The minimum atomic E-state index is -0.138. The van der Waals surface area contributed by atoms with E-state index < -0.39 is 0 Å².